The number of carbonyl (C=O) groups excluding carboxylic acids is 2. The van der Waals surface area contributed by atoms with Gasteiger partial charge < -0.3 is 15.5 Å². The molecule has 1 fully saturated rings. The van der Waals surface area contributed by atoms with E-state index in [0.29, 0.717) is 13.1 Å². The third kappa shape index (κ3) is 5.12. The van der Waals surface area contributed by atoms with Crippen LogP contribution in [0, 0.1) is 5.92 Å². The molecule has 2 N–H and O–H groups in total. The molecule has 1 aliphatic heterocycles. The molecule has 0 spiro atoms. The van der Waals surface area contributed by atoms with Crippen LogP contribution < -0.4 is 10.6 Å². The Kier molecular flexibility index (Phi) is 7.06. The minimum Gasteiger partial charge on any atom is -0.338 e. The van der Waals surface area contributed by atoms with Crippen LogP contribution in [-0.4, -0.2) is 29.9 Å². The van der Waals surface area contributed by atoms with Crippen molar-refractivity contribution < 1.29 is 9.59 Å². The fraction of sp³-hybridized carbons (Fsp3) is 0.391. The molecule has 3 rings (SSSR count). The highest BCUT2D eigenvalue weighted by Gasteiger charge is 2.35. The van der Waals surface area contributed by atoms with Gasteiger partial charge in [-0.15, -0.1) is 0 Å². The molecule has 2 aromatic rings. The van der Waals surface area contributed by atoms with Gasteiger partial charge in [0, 0.05) is 18.8 Å². The van der Waals surface area contributed by atoms with Gasteiger partial charge in [-0.3, -0.25) is 4.79 Å². The molecule has 1 aliphatic rings. The number of piperidine rings is 1. The van der Waals surface area contributed by atoms with Gasteiger partial charge in [-0.25, -0.2) is 4.79 Å². The SMILES string of the molecule is CCCCNC(=O)N1C[C@H](C(=O)Nc2ccccc2)CC[C@@H]1c1ccccc1. The Morgan fingerprint density at radius 1 is 1.00 bits per heavy atom. The van der Waals surface area contributed by atoms with Gasteiger partial charge in [0.15, 0.2) is 0 Å². The molecule has 28 heavy (non-hydrogen) atoms. The van der Waals surface area contributed by atoms with Crippen molar-refractivity contribution in [3.8, 4) is 0 Å². The molecular formula is C23H29N3O2. The molecule has 0 aliphatic carbocycles. The number of rotatable bonds is 6. The van der Waals surface area contributed by atoms with Gasteiger partial charge in [-0.2, -0.15) is 0 Å². The lowest BCUT2D eigenvalue weighted by Gasteiger charge is -2.39. The minimum atomic E-state index is -0.211. The Balaban J connectivity index is 1.71. The summed E-state index contributed by atoms with van der Waals surface area (Å²) in [7, 11) is 0. The van der Waals surface area contributed by atoms with Crippen molar-refractivity contribution in [2.45, 2.75) is 38.6 Å². The smallest absolute Gasteiger partial charge is 0.317 e. The number of carbonyl (C=O) groups is 2. The van der Waals surface area contributed by atoms with Crippen molar-refractivity contribution in [3.05, 3.63) is 66.2 Å². The van der Waals surface area contributed by atoms with Gasteiger partial charge in [0.25, 0.3) is 0 Å². The zero-order valence-corrected chi connectivity index (χ0v) is 16.4. The Bertz CT molecular complexity index is 764. The Morgan fingerprint density at radius 2 is 1.68 bits per heavy atom. The molecule has 148 valence electrons. The topological polar surface area (TPSA) is 61.4 Å². The van der Waals surface area contributed by atoms with E-state index in [1.165, 1.54) is 0 Å². The lowest BCUT2D eigenvalue weighted by molar-refractivity contribution is -0.121. The van der Waals surface area contributed by atoms with E-state index < -0.39 is 0 Å². The van der Waals surface area contributed by atoms with Crippen molar-refractivity contribution in [3.63, 3.8) is 0 Å². The largest absolute Gasteiger partial charge is 0.338 e. The highest BCUT2D eigenvalue weighted by Crippen LogP contribution is 2.34. The van der Waals surface area contributed by atoms with Gasteiger partial charge in [0.1, 0.15) is 0 Å². The van der Waals surface area contributed by atoms with E-state index in [1.54, 1.807) is 0 Å². The van der Waals surface area contributed by atoms with Crippen molar-refractivity contribution in [1.29, 1.82) is 0 Å². The average Bonchev–Trinajstić information content (AvgIpc) is 2.74. The van der Waals surface area contributed by atoms with E-state index in [0.717, 1.165) is 36.9 Å². The second-order valence-corrected chi connectivity index (χ2v) is 7.29. The van der Waals surface area contributed by atoms with E-state index in [9.17, 15) is 9.59 Å². The third-order valence-electron chi connectivity index (χ3n) is 5.25. The molecule has 0 saturated carbocycles. The number of nitrogens with zero attached hydrogens (tertiary/aromatic N) is 1. The van der Waals surface area contributed by atoms with Crippen LogP contribution in [0.1, 0.15) is 44.2 Å². The molecule has 1 saturated heterocycles. The molecule has 3 amide bonds. The molecule has 0 aromatic heterocycles. The number of amides is 3. The molecule has 2 atom stereocenters. The standard InChI is InChI=1S/C23H29N3O2/c1-2-3-16-24-23(28)26-17-19(22(27)25-20-12-8-5-9-13-20)14-15-21(26)18-10-6-4-7-11-18/h4-13,19,21H,2-3,14-17H2,1H3,(H,24,28)(H,25,27)/t19-,21-/m1/s1. The lowest BCUT2D eigenvalue weighted by atomic mass is 9.88. The predicted molar refractivity (Wildman–Crippen MR) is 112 cm³/mol. The molecule has 5 nitrogen and oxygen atoms in total. The quantitative estimate of drug-likeness (QED) is 0.721. The van der Waals surface area contributed by atoms with Crippen molar-refractivity contribution in [2.24, 2.45) is 5.92 Å². The Morgan fingerprint density at radius 3 is 2.36 bits per heavy atom. The van der Waals surface area contributed by atoms with Crippen LogP contribution >= 0.6 is 0 Å². The minimum absolute atomic E-state index is 0.00334. The molecule has 0 radical (unpaired) electrons. The van der Waals surface area contributed by atoms with Gasteiger partial charge in [0.05, 0.1) is 12.0 Å². The maximum absolute atomic E-state index is 12.9. The molecular weight excluding hydrogens is 350 g/mol. The zero-order chi connectivity index (χ0) is 19.8. The summed E-state index contributed by atoms with van der Waals surface area (Å²) in [5.74, 6) is -0.235. The number of benzene rings is 2. The van der Waals surface area contributed by atoms with Crippen molar-refractivity contribution >= 4 is 17.6 Å². The maximum atomic E-state index is 12.9. The number of hydrogen-bond donors (Lipinski definition) is 2. The van der Waals surface area contributed by atoms with E-state index >= 15 is 0 Å². The summed E-state index contributed by atoms with van der Waals surface area (Å²) in [5.41, 5.74) is 1.91. The van der Waals surface area contributed by atoms with Gasteiger partial charge in [-0.05, 0) is 37.0 Å². The normalized spacial score (nSPS) is 19.1. The second-order valence-electron chi connectivity index (χ2n) is 7.29. The summed E-state index contributed by atoms with van der Waals surface area (Å²) >= 11 is 0. The fourth-order valence-corrected chi connectivity index (χ4v) is 3.67. The van der Waals surface area contributed by atoms with Crippen molar-refractivity contribution in [2.75, 3.05) is 18.4 Å². The second kappa shape index (κ2) is 9.93. The molecule has 1 heterocycles. The van der Waals surface area contributed by atoms with E-state index in [2.05, 4.69) is 29.7 Å². The summed E-state index contributed by atoms with van der Waals surface area (Å²) in [6.07, 6.45) is 3.52. The number of hydrogen-bond acceptors (Lipinski definition) is 2. The van der Waals surface area contributed by atoms with Gasteiger partial charge in [0.2, 0.25) is 5.91 Å². The number of unbranched alkanes of at least 4 members (excludes halogenated alkanes) is 1. The molecule has 5 heteroatoms. The number of urea groups is 1. The summed E-state index contributed by atoms with van der Waals surface area (Å²) in [5, 5.41) is 6.00. The first-order valence-corrected chi connectivity index (χ1v) is 10.1. The van der Waals surface area contributed by atoms with Crippen LogP contribution in [0.5, 0.6) is 0 Å². The maximum Gasteiger partial charge on any atom is 0.317 e. The summed E-state index contributed by atoms with van der Waals surface area (Å²) in [6, 6.07) is 19.5. The van der Waals surface area contributed by atoms with E-state index in [1.807, 2.05) is 53.4 Å². The monoisotopic (exact) mass is 379 g/mol. The number of likely N-dealkylation sites (tertiary alicyclic amines) is 1. The van der Waals surface area contributed by atoms with Gasteiger partial charge in [-0.1, -0.05) is 61.9 Å². The van der Waals surface area contributed by atoms with Crippen LogP contribution in [0.2, 0.25) is 0 Å². The van der Waals surface area contributed by atoms with Crippen LogP contribution in [-0.2, 0) is 4.79 Å². The van der Waals surface area contributed by atoms with Crippen LogP contribution in [0.4, 0.5) is 10.5 Å². The van der Waals surface area contributed by atoms with Crippen molar-refractivity contribution in [1.82, 2.24) is 10.2 Å². The van der Waals surface area contributed by atoms with Crippen LogP contribution in [0.25, 0.3) is 0 Å². The molecule has 2 aromatic carbocycles. The van der Waals surface area contributed by atoms with Gasteiger partial charge >= 0.3 is 6.03 Å². The number of para-hydroxylation sites is 1. The highest BCUT2D eigenvalue weighted by atomic mass is 16.2. The molecule has 0 bridgehead atoms. The van der Waals surface area contributed by atoms with E-state index in [4.69, 9.17) is 0 Å². The first kappa shape index (κ1) is 19.9. The van der Waals surface area contributed by atoms with Crippen LogP contribution in [0.3, 0.4) is 0 Å². The summed E-state index contributed by atoms with van der Waals surface area (Å²) in [4.78, 5) is 27.5. The van der Waals surface area contributed by atoms with E-state index in [-0.39, 0.29) is 23.9 Å². The first-order chi connectivity index (χ1) is 13.7. The Labute approximate surface area is 167 Å². The Hall–Kier alpha value is -2.82. The predicted octanol–water partition coefficient (Wildman–Crippen LogP) is 4.59. The lowest BCUT2D eigenvalue weighted by Crippen LogP contribution is -2.49. The summed E-state index contributed by atoms with van der Waals surface area (Å²) < 4.78 is 0. The highest BCUT2D eigenvalue weighted by molar-refractivity contribution is 5.93. The third-order valence-corrected chi connectivity index (χ3v) is 5.25. The number of anilines is 1. The zero-order valence-electron chi connectivity index (χ0n) is 16.4. The van der Waals surface area contributed by atoms with Crippen LogP contribution in [0.15, 0.2) is 60.7 Å². The first-order valence-electron chi connectivity index (χ1n) is 10.1. The summed E-state index contributed by atoms with van der Waals surface area (Å²) in [6.45, 7) is 3.19. The average molecular weight is 380 g/mol. The molecule has 0 unspecified atom stereocenters. The fourth-order valence-electron chi connectivity index (χ4n) is 3.67. The number of nitrogens with one attached hydrogen (secondary N) is 2.